The average Bonchev–Trinajstić information content (AvgIpc) is 2.58. The zero-order chi connectivity index (χ0) is 15.4. The quantitative estimate of drug-likeness (QED) is 0.880. The van der Waals surface area contributed by atoms with Crippen LogP contribution in [0.2, 0.25) is 0 Å². The van der Waals surface area contributed by atoms with E-state index in [0.717, 1.165) is 38.3 Å². The van der Waals surface area contributed by atoms with Crippen molar-refractivity contribution in [1.82, 2.24) is 4.90 Å². The first kappa shape index (κ1) is 14.9. The van der Waals surface area contributed by atoms with Crippen molar-refractivity contribution in [2.24, 2.45) is 0 Å². The third-order valence-electron chi connectivity index (χ3n) is 4.57. The molecule has 3 nitrogen and oxygen atoms in total. The topological polar surface area (TPSA) is 32.5 Å². The van der Waals surface area contributed by atoms with Crippen molar-refractivity contribution in [2.75, 3.05) is 36.8 Å². The molecule has 1 unspecified atom stereocenters. The lowest BCUT2D eigenvalue weighted by atomic mass is 10.0. The third-order valence-corrected chi connectivity index (χ3v) is 4.57. The molecule has 1 atom stereocenters. The highest BCUT2D eigenvalue weighted by Crippen LogP contribution is 2.18. The first-order chi connectivity index (χ1) is 10.7. The molecular weight excluding hydrogens is 270 g/mol. The van der Waals surface area contributed by atoms with Crippen molar-refractivity contribution in [3.05, 3.63) is 60.2 Å². The Balaban J connectivity index is 1.53. The molecule has 0 bridgehead atoms. The normalized spacial score (nSPS) is 17.4. The van der Waals surface area contributed by atoms with E-state index in [9.17, 15) is 0 Å². The Kier molecular flexibility index (Phi) is 4.64. The van der Waals surface area contributed by atoms with E-state index in [1.165, 1.54) is 11.3 Å². The fourth-order valence-corrected chi connectivity index (χ4v) is 3.18. The van der Waals surface area contributed by atoms with Crippen LogP contribution >= 0.6 is 0 Å². The van der Waals surface area contributed by atoms with Gasteiger partial charge < -0.3 is 10.6 Å². The molecule has 0 radical (unpaired) electrons. The summed E-state index contributed by atoms with van der Waals surface area (Å²) < 4.78 is 0. The summed E-state index contributed by atoms with van der Waals surface area (Å²) in [5.74, 6) is 0. The van der Waals surface area contributed by atoms with E-state index >= 15 is 0 Å². The molecule has 0 amide bonds. The lowest BCUT2D eigenvalue weighted by Gasteiger charge is -2.39. The molecule has 2 aromatic carbocycles. The smallest absolute Gasteiger partial charge is 0.0367 e. The summed E-state index contributed by atoms with van der Waals surface area (Å²) in [7, 11) is 0. The first-order valence-corrected chi connectivity index (χ1v) is 8.11. The Labute approximate surface area is 133 Å². The van der Waals surface area contributed by atoms with Crippen molar-refractivity contribution in [3.8, 4) is 0 Å². The van der Waals surface area contributed by atoms with E-state index in [0.29, 0.717) is 6.04 Å². The van der Waals surface area contributed by atoms with Crippen molar-refractivity contribution in [3.63, 3.8) is 0 Å². The molecule has 0 aliphatic carbocycles. The molecule has 1 saturated heterocycles. The number of rotatable bonds is 4. The Morgan fingerprint density at radius 2 is 1.55 bits per heavy atom. The van der Waals surface area contributed by atoms with E-state index < -0.39 is 0 Å². The highest BCUT2D eigenvalue weighted by molar-refractivity contribution is 5.46. The summed E-state index contributed by atoms with van der Waals surface area (Å²) in [5, 5.41) is 0. The van der Waals surface area contributed by atoms with Crippen LogP contribution < -0.4 is 10.6 Å². The van der Waals surface area contributed by atoms with E-state index in [-0.39, 0.29) is 0 Å². The number of benzene rings is 2. The summed E-state index contributed by atoms with van der Waals surface area (Å²) in [4.78, 5) is 5.07. The van der Waals surface area contributed by atoms with Gasteiger partial charge in [0.25, 0.3) is 0 Å². The number of nitrogens with zero attached hydrogens (tertiary/aromatic N) is 2. The minimum atomic E-state index is 0.571. The molecule has 2 N–H and O–H groups in total. The Hall–Kier alpha value is -2.00. The maximum Gasteiger partial charge on any atom is 0.0367 e. The van der Waals surface area contributed by atoms with Gasteiger partial charge in [-0.3, -0.25) is 4.90 Å². The molecule has 22 heavy (non-hydrogen) atoms. The Morgan fingerprint density at radius 3 is 2.18 bits per heavy atom. The minimum absolute atomic E-state index is 0.571. The maximum absolute atomic E-state index is 5.75. The van der Waals surface area contributed by atoms with Crippen LogP contribution in [0.15, 0.2) is 54.6 Å². The zero-order valence-corrected chi connectivity index (χ0v) is 13.3. The molecule has 3 rings (SSSR count). The van der Waals surface area contributed by atoms with Crippen molar-refractivity contribution >= 4 is 11.4 Å². The largest absolute Gasteiger partial charge is 0.399 e. The average molecular weight is 295 g/mol. The monoisotopic (exact) mass is 295 g/mol. The molecule has 0 spiro atoms. The van der Waals surface area contributed by atoms with Crippen molar-refractivity contribution in [1.29, 1.82) is 0 Å². The summed E-state index contributed by atoms with van der Waals surface area (Å²) >= 11 is 0. The maximum atomic E-state index is 5.75. The van der Waals surface area contributed by atoms with Gasteiger partial charge in [0, 0.05) is 43.6 Å². The summed E-state index contributed by atoms with van der Waals surface area (Å²) in [6, 6.07) is 19.6. The number of nitrogens with two attached hydrogens (primary N) is 1. The predicted octanol–water partition coefficient (Wildman–Crippen LogP) is 3.02. The number of nitrogen functional groups attached to an aromatic ring is 1. The van der Waals surface area contributed by atoms with Gasteiger partial charge in [-0.15, -0.1) is 0 Å². The standard InChI is InChI=1S/C19H25N3/c1-16(15-17-7-9-18(20)10-8-17)21-11-13-22(14-12-21)19-5-3-2-4-6-19/h2-10,16H,11-15,20H2,1H3. The van der Waals surface area contributed by atoms with Gasteiger partial charge >= 0.3 is 0 Å². The second kappa shape index (κ2) is 6.84. The van der Waals surface area contributed by atoms with Gasteiger partial charge in [0.1, 0.15) is 0 Å². The van der Waals surface area contributed by atoms with Crippen LogP contribution in [0, 0.1) is 0 Å². The third kappa shape index (κ3) is 3.60. The number of anilines is 2. The van der Waals surface area contributed by atoms with Crippen LogP contribution in [0.5, 0.6) is 0 Å². The van der Waals surface area contributed by atoms with Gasteiger partial charge in [0.2, 0.25) is 0 Å². The van der Waals surface area contributed by atoms with Gasteiger partial charge in [-0.05, 0) is 43.2 Å². The molecule has 3 heteroatoms. The van der Waals surface area contributed by atoms with Gasteiger partial charge in [-0.1, -0.05) is 30.3 Å². The van der Waals surface area contributed by atoms with Crippen LogP contribution in [-0.4, -0.2) is 37.1 Å². The van der Waals surface area contributed by atoms with E-state index in [2.05, 4.69) is 59.2 Å². The van der Waals surface area contributed by atoms with Gasteiger partial charge in [0.05, 0.1) is 0 Å². The van der Waals surface area contributed by atoms with Crippen LogP contribution in [0.1, 0.15) is 12.5 Å². The van der Waals surface area contributed by atoms with Crippen LogP contribution in [0.4, 0.5) is 11.4 Å². The van der Waals surface area contributed by atoms with E-state index in [4.69, 9.17) is 5.73 Å². The number of para-hydroxylation sites is 1. The molecule has 0 saturated carbocycles. The summed E-state index contributed by atoms with van der Waals surface area (Å²) in [6.07, 6.45) is 1.09. The second-order valence-electron chi connectivity index (χ2n) is 6.15. The number of hydrogen-bond acceptors (Lipinski definition) is 3. The summed E-state index contributed by atoms with van der Waals surface area (Å²) in [6.45, 7) is 6.80. The van der Waals surface area contributed by atoms with Crippen LogP contribution in [0.3, 0.4) is 0 Å². The molecular formula is C19H25N3. The van der Waals surface area contributed by atoms with Crippen LogP contribution in [0.25, 0.3) is 0 Å². The minimum Gasteiger partial charge on any atom is -0.399 e. The molecule has 1 fully saturated rings. The number of piperazine rings is 1. The van der Waals surface area contributed by atoms with E-state index in [1.807, 2.05) is 12.1 Å². The van der Waals surface area contributed by atoms with Crippen molar-refractivity contribution < 1.29 is 0 Å². The highest BCUT2D eigenvalue weighted by atomic mass is 15.3. The first-order valence-electron chi connectivity index (χ1n) is 8.11. The highest BCUT2D eigenvalue weighted by Gasteiger charge is 2.21. The Morgan fingerprint density at radius 1 is 0.909 bits per heavy atom. The predicted molar refractivity (Wildman–Crippen MR) is 94.2 cm³/mol. The second-order valence-corrected chi connectivity index (χ2v) is 6.15. The van der Waals surface area contributed by atoms with Gasteiger partial charge in [-0.2, -0.15) is 0 Å². The lowest BCUT2D eigenvalue weighted by Crippen LogP contribution is -2.50. The SMILES string of the molecule is CC(Cc1ccc(N)cc1)N1CCN(c2ccccc2)CC1. The molecule has 1 aliphatic heterocycles. The van der Waals surface area contributed by atoms with Crippen molar-refractivity contribution in [2.45, 2.75) is 19.4 Å². The van der Waals surface area contributed by atoms with Gasteiger partial charge in [0.15, 0.2) is 0 Å². The fourth-order valence-electron chi connectivity index (χ4n) is 3.18. The Bertz CT molecular complexity index is 571. The van der Waals surface area contributed by atoms with Crippen LogP contribution in [-0.2, 0) is 6.42 Å². The molecule has 116 valence electrons. The lowest BCUT2D eigenvalue weighted by molar-refractivity contribution is 0.196. The van der Waals surface area contributed by atoms with E-state index in [1.54, 1.807) is 0 Å². The molecule has 1 heterocycles. The van der Waals surface area contributed by atoms with Gasteiger partial charge in [-0.25, -0.2) is 0 Å². The molecule has 2 aromatic rings. The zero-order valence-electron chi connectivity index (χ0n) is 13.3. The molecule has 1 aliphatic rings. The summed E-state index contributed by atoms with van der Waals surface area (Å²) in [5.41, 5.74) is 9.30. The number of hydrogen-bond donors (Lipinski definition) is 1. The molecule has 0 aromatic heterocycles. The fraction of sp³-hybridized carbons (Fsp3) is 0.368.